The first-order valence-electron chi connectivity index (χ1n) is 8.48. The van der Waals surface area contributed by atoms with E-state index in [2.05, 4.69) is 22.2 Å². The first kappa shape index (κ1) is 15.6. The number of amides is 1. The van der Waals surface area contributed by atoms with Crippen LogP contribution in [0.3, 0.4) is 0 Å². The third-order valence-corrected chi connectivity index (χ3v) is 4.92. The number of aryl methyl sites for hydroxylation is 2. The summed E-state index contributed by atoms with van der Waals surface area (Å²) < 4.78 is 1.50. The number of hydrogen-bond donors (Lipinski definition) is 2. The maximum atomic E-state index is 12.4. The van der Waals surface area contributed by atoms with Gasteiger partial charge in [-0.25, -0.2) is 9.50 Å². The zero-order valence-electron chi connectivity index (χ0n) is 14.2. The molecule has 1 aliphatic heterocycles. The Morgan fingerprint density at radius 3 is 3.00 bits per heavy atom. The SMILES string of the molecule is CCc1c(C)[nH]n2c(=O)cc(C3CCN(C(=O)c4ccn[nH]4)C3)nc12. The molecule has 1 unspecified atom stereocenters. The Hall–Kier alpha value is -2.90. The number of nitrogens with one attached hydrogen (secondary N) is 2. The zero-order valence-corrected chi connectivity index (χ0v) is 14.2. The van der Waals surface area contributed by atoms with Gasteiger partial charge in [0, 0.05) is 42.5 Å². The molecule has 1 aliphatic rings. The van der Waals surface area contributed by atoms with Crippen LogP contribution in [0, 0.1) is 6.92 Å². The molecule has 25 heavy (non-hydrogen) atoms. The molecule has 2 N–H and O–H groups in total. The van der Waals surface area contributed by atoms with Crippen molar-refractivity contribution in [1.82, 2.24) is 29.7 Å². The second-order valence-electron chi connectivity index (χ2n) is 6.45. The van der Waals surface area contributed by atoms with Crippen molar-refractivity contribution in [3.8, 4) is 0 Å². The van der Waals surface area contributed by atoms with Gasteiger partial charge in [-0.15, -0.1) is 0 Å². The lowest BCUT2D eigenvalue weighted by Crippen LogP contribution is -2.29. The number of carbonyl (C=O) groups is 1. The van der Waals surface area contributed by atoms with Crippen LogP contribution in [0.15, 0.2) is 23.1 Å². The van der Waals surface area contributed by atoms with E-state index in [0.717, 1.165) is 29.8 Å². The third-order valence-electron chi connectivity index (χ3n) is 4.92. The highest BCUT2D eigenvalue weighted by molar-refractivity contribution is 5.92. The number of rotatable bonds is 3. The molecule has 8 heteroatoms. The summed E-state index contributed by atoms with van der Waals surface area (Å²) in [6.07, 6.45) is 3.18. The van der Waals surface area contributed by atoms with Gasteiger partial charge in [-0.3, -0.25) is 19.8 Å². The van der Waals surface area contributed by atoms with Gasteiger partial charge in [-0.2, -0.15) is 5.10 Å². The van der Waals surface area contributed by atoms with E-state index in [1.807, 2.05) is 6.92 Å². The molecular formula is C17H20N6O2. The van der Waals surface area contributed by atoms with Gasteiger partial charge in [0.05, 0.1) is 5.69 Å². The third kappa shape index (κ3) is 2.54. The minimum atomic E-state index is -0.110. The monoisotopic (exact) mass is 340 g/mol. The molecule has 1 atom stereocenters. The summed E-state index contributed by atoms with van der Waals surface area (Å²) in [5.41, 5.74) is 3.85. The number of likely N-dealkylation sites (tertiary alicyclic amines) is 1. The molecule has 8 nitrogen and oxygen atoms in total. The van der Waals surface area contributed by atoms with E-state index in [-0.39, 0.29) is 17.4 Å². The number of carbonyl (C=O) groups excluding carboxylic acids is 1. The highest BCUT2D eigenvalue weighted by Crippen LogP contribution is 2.27. The predicted octanol–water partition coefficient (Wildman–Crippen LogP) is 1.25. The molecule has 0 spiro atoms. The molecule has 0 aliphatic carbocycles. The van der Waals surface area contributed by atoms with Crippen LogP contribution < -0.4 is 5.56 Å². The van der Waals surface area contributed by atoms with E-state index in [1.165, 1.54) is 4.52 Å². The maximum Gasteiger partial charge on any atom is 0.272 e. The van der Waals surface area contributed by atoms with Crippen LogP contribution in [0.4, 0.5) is 0 Å². The molecule has 0 radical (unpaired) electrons. The Balaban J connectivity index is 1.64. The largest absolute Gasteiger partial charge is 0.337 e. The Labute approximate surface area is 143 Å². The maximum absolute atomic E-state index is 12.4. The molecule has 0 saturated carbocycles. The number of H-pyrrole nitrogens is 2. The van der Waals surface area contributed by atoms with Gasteiger partial charge in [-0.05, 0) is 25.8 Å². The summed E-state index contributed by atoms with van der Waals surface area (Å²) in [6, 6.07) is 3.25. The van der Waals surface area contributed by atoms with Crippen LogP contribution in [0.2, 0.25) is 0 Å². The molecule has 4 heterocycles. The fourth-order valence-electron chi connectivity index (χ4n) is 3.58. The van der Waals surface area contributed by atoms with Crippen LogP contribution >= 0.6 is 0 Å². The van der Waals surface area contributed by atoms with E-state index in [9.17, 15) is 9.59 Å². The van der Waals surface area contributed by atoms with Crippen molar-refractivity contribution in [2.45, 2.75) is 32.6 Å². The molecular weight excluding hydrogens is 320 g/mol. The van der Waals surface area contributed by atoms with E-state index >= 15 is 0 Å². The lowest BCUT2D eigenvalue weighted by Gasteiger charge is -2.15. The number of nitrogens with zero attached hydrogens (tertiary/aromatic N) is 4. The van der Waals surface area contributed by atoms with Crippen molar-refractivity contribution < 1.29 is 4.79 Å². The summed E-state index contributed by atoms with van der Waals surface area (Å²) in [6.45, 7) is 5.21. The standard InChI is InChI=1S/C17H20N6O2/c1-3-12-10(2)21-23-15(24)8-14(19-16(12)23)11-5-7-22(9-11)17(25)13-4-6-18-20-13/h4,6,8,11,21H,3,5,7,9H2,1-2H3,(H,18,20). The highest BCUT2D eigenvalue weighted by Gasteiger charge is 2.30. The quantitative estimate of drug-likeness (QED) is 0.749. The van der Waals surface area contributed by atoms with Crippen LogP contribution in [0.25, 0.3) is 5.65 Å². The molecule has 3 aromatic heterocycles. The fourth-order valence-corrected chi connectivity index (χ4v) is 3.58. The summed E-state index contributed by atoms with van der Waals surface area (Å²) in [7, 11) is 0. The molecule has 0 aromatic carbocycles. The van der Waals surface area contributed by atoms with Gasteiger partial charge >= 0.3 is 0 Å². The lowest BCUT2D eigenvalue weighted by atomic mass is 10.0. The predicted molar refractivity (Wildman–Crippen MR) is 91.8 cm³/mol. The first-order chi connectivity index (χ1) is 12.1. The van der Waals surface area contributed by atoms with Crippen LogP contribution in [0.5, 0.6) is 0 Å². The van der Waals surface area contributed by atoms with E-state index in [0.29, 0.717) is 24.4 Å². The number of aromatic amines is 2. The number of aromatic nitrogens is 5. The normalized spacial score (nSPS) is 17.5. The van der Waals surface area contributed by atoms with Gasteiger partial charge in [0.2, 0.25) is 0 Å². The number of hydrogen-bond acceptors (Lipinski definition) is 4. The second-order valence-corrected chi connectivity index (χ2v) is 6.45. The van der Waals surface area contributed by atoms with Crippen LogP contribution in [-0.4, -0.2) is 48.7 Å². The highest BCUT2D eigenvalue weighted by atomic mass is 16.2. The molecule has 3 aromatic rings. The van der Waals surface area contributed by atoms with Gasteiger partial charge in [0.15, 0.2) is 5.65 Å². The van der Waals surface area contributed by atoms with Gasteiger partial charge in [0.25, 0.3) is 11.5 Å². The van der Waals surface area contributed by atoms with Crippen molar-refractivity contribution >= 4 is 11.6 Å². The Morgan fingerprint density at radius 2 is 2.28 bits per heavy atom. The molecule has 1 fully saturated rings. The van der Waals surface area contributed by atoms with Crippen molar-refractivity contribution in [1.29, 1.82) is 0 Å². The van der Waals surface area contributed by atoms with Crippen molar-refractivity contribution in [3.05, 3.63) is 51.3 Å². The number of fused-ring (bicyclic) bond motifs is 1. The van der Waals surface area contributed by atoms with Crippen molar-refractivity contribution in [2.24, 2.45) is 0 Å². The molecule has 0 bridgehead atoms. The van der Waals surface area contributed by atoms with Crippen molar-refractivity contribution in [3.63, 3.8) is 0 Å². The molecule has 1 amide bonds. The van der Waals surface area contributed by atoms with Gasteiger partial charge < -0.3 is 4.90 Å². The van der Waals surface area contributed by atoms with Gasteiger partial charge in [0.1, 0.15) is 5.69 Å². The van der Waals surface area contributed by atoms with Gasteiger partial charge in [-0.1, -0.05) is 6.92 Å². The fraction of sp³-hybridized carbons (Fsp3) is 0.412. The summed E-state index contributed by atoms with van der Waals surface area (Å²) in [5.74, 6) is 0.00835. The first-order valence-corrected chi connectivity index (χ1v) is 8.48. The second kappa shape index (κ2) is 5.87. The minimum absolute atomic E-state index is 0.0652. The van der Waals surface area contributed by atoms with Crippen molar-refractivity contribution in [2.75, 3.05) is 13.1 Å². The topological polar surface area (TPSA) is 99.1 Å². The lowest BCUT2D eigenvalue weighted by molar-refractivity contribution is 0.0785. The van der Waals surface area contributed by atoms with E-state index in [4.69, 9.17) is 4.98 Å². The minimum Gasteiger partial charge on any atom is -0.337 e. The Kier molecular flexibility index (Phi) is 3.67. The summed E-state index contributed by atoms with van der Waals surface area (Å²) in [5, 5.41) is 9.61. The zero-order chi connectivity index (χ0) is 17.6. The van der Waals surface area contributed by atoms with Crippen LogP contribution in [0.1, 0.15) is 46.7 Å². The molecule has 130 valence electrons. The smallest absolute Gasteiger partial charge is 0.272 e. The average Bonchev–Trinajstić information content (AvgIpc) is 3.33. The molecule has 1 saturated heterocycles. The van der Waals surface area contributed by atoms with E-state index in [1.54, 1.807) is 23.2 Å². The Bertz CT molecular complexity index is 985. The van der Waals surface area contributed by atoms with E-state index < -0.39 is 0 Å². The summed E-state index contributed by atoms with van der Waals surface area (Å²) >= 11 is 0. The average molecular weight is 340 g/mol. The Morgan fingerprint density at radius 1 is 1.44 bits per heavy atom. The van der Waals surface area contributed by atoms with Crippen LogP contribution in [-0.2, 0) is 6.42 Å². The summed E-state index contributed by atoms with van der Waals surface area (Å²) in [4.78, 5) is 31.4. The molecule has 4 rings (SSSR count).